The third-order valence-electron chi connectivity index (χ3n) is 5.90. The lowest BCUT2D eigenvalue weighted by atomic mass is 9.97. The van der Waals surface area contributed by atoms with Crippen LogP contribution in [0.3, 0.4) is 0 Å². The van der Waals surface area contributed by atoms with Crippen LogP contribution in [0.5, 0.6) is 5.75 Å². The largest absolute Gasteiger partial charge is 0.422 e. The maximum absolute atomic E-state index is 15.3. The molecule has 3 aromatic rings. The van der Waals surface area contributed by atoms with E-state index in [0.717, 1.165) is 0 Å². The standard InChI is InChI=1S/C25H31FN4O6S/c1-6-30(7-2)15-20-18-12-11-17(35-25(32)29(4)5)14-22(18)36-24(31)19(20)13-16-9-8-10-21(23(16)26)28-37(33,34)27-3/h8-12,14,27-28H,6-7,13,15H2,1-5H3. The van der Waals surface area contributed by atoms with Crippen LogP contribution in [0.4, 0.5) is 14.9 Å². The Kier molecular flexibility index (Phi) is 8.89. The topological polar surface area (TPSA) is 121 Å². The molecular weight excluding hydrogens is 503 g/mol. The van der Waals surface area contributed by atoms with Gasteiger partial charge >= 0.3 is 11.7 Å². The summed E-state index contributed by atoms with van der Waals surface area (Å²) < 4.78 is 54.1. The lowest BCUT2D eigenvalue weighted by molar-refractivity contribution is 0.172. The zero-order valence-corrected chi connectivity index (χ0v) is 22.2. The first-order valence-electron chi connectivity index (χ1n) is 11.7. The van der Waals surface area contributed by atoms with Gasteiger partial charge in [0.15, 0.2) is 5.82 Å². The summed E-state index contributed by atoms with van der Waals surface area (Å²) in [5.74, 6) is -0.577. The van der Waals surface area contributed by atoms with Gasteiger partial charge in [0.25, 0.3) is 10.2 Å². The number of ether oxygens (including phenoxy) is 1. The van der Waals surface area contributed by atoms with E-state index in [4.69, 9.17) is 9.15 Å². The molecule has 0 saturated heterocycles. The molecule has 2 N–H and O–H groups in total. The number of hydrogen-bond acceptors (Lipinski definition) is 7. The molecule has 200 valence electrons. The average molecular weight is 535 g/mol. The van der Waals surface area contributed by atoms with Crippen LogP contribution in [-0.2, 0) is 23.2 Å². The summed E-state index contributed by atoms with van der Waals surface area (Å²) >= 11 is 0. The molecule has 0 aliphatic rings. The molecular formula is C25H31FN4O6S. The van der Waals surface area contributed by atoms with Gasteiger partial charge in [0, 0.05) is 51.1 Å². The van der Waals surface area contributed by atoms with Crippen molar-refractivity contribution in [3.63, 3.8) is 0 Å². The van der Waals surface area contributed by atoms with Crippen molar-refractivity contribution in [3.05, 3.63) is 69.3 Å². The minimum Gasteiger partial charge on any atom is -0.422 e. The molecule has 0 radical (unpaired) electrons. The SMILES string of the molecule is CCN(CC)Cc1c(Cc2cccc(NS(=O)(=O)NC)c2F)c(=O)oc2cc(OC(=O)N(C)C)ccc12. The quantitative estimate of drug-likeness (QED) is 0.383. The maximum atomic E-state index is 15.3. The van der Waals surface area contributed by atoms with Crippen molar-refractivity contribution in [2.24, 2.45) is 0 Å². The van der Waals surface area contributed by atoms with Crippen molar-refractivity contribution in [1.82, 2.24) is 14.5 Å². The van der Waals surface area contributed by atoms with Crippen molar-refractivity contribution >= 4 is 33.0 Å². The Balaban J connectivity index is 2.13. The molecule has 0 aliphatic heterocycles. The molecule has 0 aliphatic carbocycles. The Hall–Kier alpha value is -3.48. The van der Waals surface area contributed by atoms with Crippen molar-refractivity contribution in [2.75, 3.05) is 39.0 Å². The highest BCUT2D eigenvalue weighted by atomic mass is 32.2. The minimum atomic E-state index is -3.94. The van der Waals surface area contributed by atoms with E-state index in [0.29, 0.717) is 30.6 Å². The number of benzene rings is 2. The van der Waals surface area contributed by atoms with Crippen LogP contribution in [-0.4, -0.2) is 58.5 Å². The highest BCUT2D eigenvalue weighted by Gasteiger charge is 2.21. The summed E-state index contributed by atoms with van der Waals surface area (Å²) in [7, 11) is 0.371. The number of amides is 1. The van der Waals surface area contributed by atoms with Crippen molar-refractivity contribution in [3.8, 4) is 5.75 Å². The van der Waals surface area contributed by atoms with Gasteiger partial charge in [0.05, 0.1) is 5.69 Å². The minimum absolute atomic E-state index is 0.118. The summed E-state index contributed by atoms with van der Waals surface area (Å²) in [6.07, 6.45) is -0.696. The maximum Gasteiger partial charge on any atom is 0.414 e. The molecule has 0 fully saturated rings. The normalized spacial score (nSPS) is 11.6. The average Bonchev–Trinajstić information content (AvgIpc) is 2.85. The number of carbonyl (C=O) groups excluding carboxylic acids is 1. The van der Waals surface area contributed by atoms with Crippen molar-refractivity contribution in [1.29, 1.82) is 0 Å². The Labute approximate surface area is 215 Å². The van der Waals surface area contributed by atoms with Gasteiger partial charge in [-0.1, -0.05) is 26.0 Å². The number of halogens is 1. The van der Waals surface area contributed by atoms with Gasteiger partial charge in [-0.05, 0) is 42.4 Å². The van der Waals surface area contributed by atoms with Crippen molar-refractivity contribution < 1.29 is 26.8 Å². The summed E-state index contributed by atoms with van der Waals surface area (Å²) in [5, 5.41) is 0.624. The van der Waals surface area contributed by atoms with Crippen LogP contribution in [0.1, 0.15) is 30.5 Å². The molecule has 0 atom stereocenters. The molecule has 1 aromatic heterocycles. The lowest BCUT2D eigenvalue weighted by Gasteiger charge is -2.21. The first kappa shape index (κ1) is 28.1. The Morgan fingerprint density at radius 3 is 2.43 bits per heavy atom. The second-order valence-corrected chi connectivity index (χ2v) is 10.1. The van der Waals surface area contributed by atoms with E-state index in [9.17, 15) is 18.0 Å². The van der Waals surface area contributed by atoms with Gasteiger partial charge in [0.2, 0.25) is 0 Å². The molecule has 0 unspecified atom stereocenters. The summed E-state index contributed by atoms with van der Waals surface area (Å²) in [5.41, 5.74) is 0.364. The fourth-order valence-electron chi connectivity index (χ4n) is 3.75. The molecule has 12 heteroatoms. The predicted molar refractivity (Wildman–Crippen MR) is 140 cm³/mol. The third-order valence-corrected chi connectivity index (χ3v) is 6.92. The summed E-state index contributed by atoms with van der Waals surface area (Å²) in [4.78, 5) is 28.5. The van der Waals surface area contributed by atoms with Gasteiger partial charge in [-0.3, -0.25) is 9.62 Å². The number of nitrogens with one attached hydrogen (secondary N) is 2. The molecule has 1 heterocycles. The molecule has 10 nitrogen and oxygen atoms in total. The number of fused-ring (bicyclic) bond motifs is 1. The number of nitrogens with zero attached hydrogens (tertiary/aromatic N) is 2. The van der Waals surface area contributed by atoms with Gasteiger partial charge in [-0.25, -0.2) is 18.7 Å². The highest BCUT2D eigenvalue weighted by Crippen LogP contribution is 2.29. The number of hydrogen-bond donors (Lipinski definition) is 2. The Morgan fingerprint density at radius 1 is 1.11 bits per heavy atom. The summed E-state index contributed by atoms with van der Waals surface area (Å²) in [6.45, 7) is 5.81. The zero-order valence-electron chi connectivity index (χ0n) is 21.4. The van der Waals surface area contributed by atoms with Gasteiger partial charge in [0.1, 0.15) is 11.3 Å². The molecule has 0 spiro atoms. The predicted octanol–water partition coefficient (Wildman–Crippen LogP) is 3.30. The smallest absolute Gasteiger partial charge is 0.414 e. The fraction of sp³-hybridized carbons (Fsp3) is 0.360. The number of anilines is 1. The molecule has 1 amide bonds. The molecule has 2 aromatic carbocycles. The highest BCUT2D eigenvalue weighted by molar-refractivity contribution is 7.90. The van der Waals surface area contributed by atoms with E-state index in [1.54, 1.807) is 26.2 Å². The van der Waals surface area contributed by atoms with Gasteiger partial charge in [-0.2, -0.15) is 8.42 Å². The van der Waals surface area contributed by atoms with Crippen LogP contribution < -0.4 is 19.8 Å². The van der Waals surface area contributed by atoms with Crippen LogP contribution >= 0.6 is 0 Å². The van der Waals surface area contributed by atoms with E-state index in [1.807, 2.05) is 13.8 Å². The lowest BCUT2D eigenvalue weighted by Crippen LogP contribution is -2.27. The first-order valence-corrected chi connectivity index (χ1v) is 13.2. The molecule has 3 rings (SSSR count). The van der Waals surface area contributed by atoms with Crippen LogP contribution in [0.15, 0.2) is 45.6 Å². The van der Waals surface area contributed by atoms with Crippen molar-refractivity contribution in [2.45, 2.75) is 26.8 Å². The second-order valence-electron chi connectivity index (χ2n) is 8.49. The van der Waals surface area contributed by atoms with Crippen LogP contribution in [0, 0.1) is 5.82 Å². The van der Waals surface area contributed by atoms with E-state index < -0.39 is 27.7 Å². The fourth-order valence-corrected chi connectivity index (χ4v) is 4.30. The van der Waals surface area contributed by atoms with E-state index in [1.165, 1.54) is 36.2 Å². The monoisotopic (exact) mass is 534 g/mol. The molecule has 0 saturated carbocycles. The van der Waals surface area contributed by atoms with E-state index in [-0.39, 0.29) is 34.6 Å². The van der Waals surface area contributed by atoms with E-state index >= 15 is 4.39 Å². The van der Waals surface area contributed by atoms with Gasteiger partial charge in [-0.15, -0.1) is 0 Å². The van der Waals surface area contributed by atoms with Gasteiger partial charge < -0.3 is 14.1 Å². The number of rotatable bonds is 10. The first-order chi connectivity index (χ1) is 17.5. The van der Waals surface area contributed by atoms with Crippen LogP contribution in [0.2, 0.25) is 0 Å². The third kappa shape index (κ3) is 6.64. The van der Waals surface area contributed by atoms with Crippen LogP contribution in [0.25, 0.3) is 11.0 Å². The Bertz CT molecular complexity index is 1450. The molecule has 0 bridgehead atoms. The zero-order chi connectivity index (χ0) is 27.3. The number of carbonyl (C=O) groups is 1. The van der Waals surface area contributed by atoms with E-state index in [2.05, 4.69) is 14.3 Å². The summed E-state index contributed by atoms with van der Waals surface area (Å²) in [6, 6.07) is 9.07. The Morgan fingerprint density at radius 2 is 1.81 bits per heavy atom. The molecule has 37 heavy (non-hydrogen) atoms. The second kappa shape index (κ2) is 11.7.